The summed E-state index contributed by atoms with van der Waals surface area (Å²) in [5, 5.41) is 12.4. The Bertz CT molecular complexity index is 851. The van der Waals surface area contributed by atoms with Gasteiger partial charge in [-0.05, 0) is 23.6 Å². The largest absolute Gasteiger partial charge is 1.00 e. The zero-order valence-corrected chi connectivity index (χ0v) is 16.7. The fourth-order valence-corrected chi connectivity index (χ4v) is 3.18. The van der Waals surface area contributed by atoms with Crippen LogP contribution in [0.4, 0.5) is 0 Å². The second-order valence-corrected chi connectivity index (χ2v) is 6.86. The molecular weight excluding hydrogens is 370 g/mol. The number of ketones is 1. The lowest BCUT2D eigenvalue weighted by molar-refractivity contribution is -0.693. The number of halogens is 1. The van der Waals surface area contributed by atoms with Crippen molar-refractivity contribution in [1.82, 2.24) is 0 Å². The van der Waals surface area contributed by atoms with Gasteiger partial charge in [-0.3, -0.25) is 4.79 Å². The number of aliphatic hydroxyl groups excluding tert-OH is 1. The van der Waals surface area contributed by atoms with Gasteiger partial charge < -0.3 is 22.8 Å². The summed E-state index contributed by atoms with van der Waals surface area (Å²) in [5.41, 5.74) is 3.90. The topological polar surface area (TPSA) is 53.9 Å². The van der Waals surface area contributed by atoms with E-state index in [2.05, 4.69) is 12.1 Å². The predicted octanol–water partition coefficient (Wildman–Crippen LogP) is 0.616. The Labute approximate surface area is 172 Å². The molecular formula is C24H26ClNO2. The molecule has 0 aliphatic rings. The predicted molar refractivity (Wildman–Crippen MR) is 108 cm³/mol. The van der Waals surface area contributed by atoms with Gasteiger partial charge in [0.1, 0.15) is 12.1 Å². The van der Waals surface area contributed by atoms with Crippen LogP contribution in [0.15, 0.2) is 84.9 Å². The third-order valence-corrected chi connectivity index (χ3v) is 4.86. The molecule has 3 nitrogen and oxygen atoms in total. The second kappa shape index (κ2) is 10.8. The summed E-state index contributed by atoms with van der Waals surface area (Å²) >= 11 is 0. The van der Waals surface area contributed by atoms with Crippen LogP contribution in [0.2, 0.25) is 0 Å². The van der Waals surface area contributed by atoms with E-state index in [1.165, 1.54) is 0 Å². The number of Topliss-reactive ketones (excluding diaryl/α,β-unsaturated/α-hetero) is 1. The average molecular weight is 396 g/mol. The van der Waals surface area contributed by atoms with Crippen molar-refractivity contribution in [2.45, 2.75) is 25.5 Å². The molecule has 2 unspecified atom stereocenters. The summed E-state index contributed by atoms with van der Waals surface area (Å²) in [6, 6.07) is 27.5. The van der Waals surface area contributed by atoms with Crippen LogP contribution < -0.4 is 17.7 Å². The molecule has 3 aromatic rings. The summed E-state index contributed by atoms with van der Waals surface area (Å²) in [5.74, 6) is 0.132. The molecule has 28 heavy (non-hydrogen) atoms. The number of nitrogens with two attached hydrogens (primary N) is 1. The molecule has 0 aromatic heterocycles. The molecule has 0 fully saturated rings. The standard InChI is InChI=1S/C24H25NO2.ClH/c1-18(24(27)22-10-6-3-7-11-22)25-17-16-23(26)21-14-12-20(13-15-21)19-8-4-2-5-9-19;/h2-15,18,24-25,27H,16-17H2,1H3;1H. The minimum absolute atomic E-state index is 0. The van der Waals surface area contributed by atoms with Crippen molar-refractivity contribution in [1.29, 1.82) is 0 Å². The lowest BCUT2D eigenvalue weighted by Gasteiger charge is -2.17. The minimum atomic E-state index is -0.536. The number of carbonyl (C=O) groups excluding carboxylic acids is 1. The van der Waals surface area contributed by atoms with Gasteiger partial charge in [-0.25, -0.2) is 0 Å². The fraction of sp³-hybridized carbons (Fsp3) is 0.208. The summed E-state index contributed by atoms with van der Waals surface area (Å²) in [4.78, 5) is 12.4. The van der Waals surface area contributed by atoms with Crippen molar-refractivity contribution in [2.24, 2.45) is 0 Å². The van der Waals surface area contributed by atoms with Gasteiger partial charge in [0.25, 0.3) is 0 Å². The summed E-state index contributed by atoms with van der Waals surface area (Å²) in [6.45, 7) is 2.64. The monoisotopic (exact) mass is 395 g/mol. The molecule has 0 saturated heterocycles. The maximum atomic E-state index is 12.4. The van der Waals surface area contributed by atoms with Crippen molar-refractivity contribution < 1.29 is 27.6 Å². The first kappa shape index (κ1) is 21.8. The highest BCUT2D eigenvalue weighted by atomic mass is 35.5. The Balaban J connectivity index is 0.00000280. The third-order valence-electron chi connectivity index (χ3n) is 4.86. The Morgan fingerprint density at radius 3 is 2.00 bits per heavy atom. The van der Waals surface area contributed by atoms with Gasteiger partial charge >= 0.3 is 0 Å². The molecule has 0 amide bonds. The second-order valence-electron chi connectivity index (χ2n) is 6.86. The van der Waals surface area contributed by atoms with Crippen LogP contribution in [0, 0.1) is 0 Å². The maximum absolute atomic E-state index is 12.4. The highest BCUT2D eigenvalue weighted by Gasteiger charge is 2.19. The maximum Gasteiger partial charge on any atom is 0.168 e. The number of rotatable bonds is 8. The highest BCUT2D eigenvalue weighted by molar-refractivity contribution is 5.96. The lowest BCUT2D eigenvalue weighted by Crippen LogP contribution is -3.00. The molecule has 0 heterocycles. The van der Waals surface area contributed by atoms with E-state index in [4.69, 9.17) is 0 Å². The Morgan fingerprint density at radius 1 is 0.857 bits per heavy atom. The Kier molecular flexibility index (Phi) is 8.40. The first-order valence-corrected chi connectivity index (χ1v) is 9.40. The molecule has 0 bridgehead atoms. The summed E-state index contributed by atoms with van der Waals surface area (Å²) < 4.78 is 0. The van der Waals surface area contributed by atoms with E-state index in [0.717, 1.165) is 22.3 Å². The highest BCUT2D eigenvalue weighted by Crippen LogP contribution is 2.19. The molecule has 0 saturated carbocycles. The first-order valence-electron chi connectivity index (χ1n) is 9.40. The minimum Gasteiger partial charge on any atom is -1.00 e. The fourth-order valence-electron chi connectivity index (χ4n) is 3.18. The van der Waals surface area contributed by atoms with Crippen molar-refractivity contribution in [3.8, 4) is 11.1 Å². The van der Waals surface area contributed by atoms with Gasteiger partial charge in [-0.15, -0.1) is 0 Å². The van der Waals surface area contributed by atoms with Gasteiger partial charge in [0.15, 0.2) is 5.78 Å². The third kappa shape index (κ3) is 5.77. The van der Waals surface area contributed by atoms with Crippen LogP contribution >= 0.6 is 0 Å². The van der Waals surface area contributed by atoms with Gasteiger partial charge in [0.05, 0.1) is 13.0 Å². The number of benzene rings is 3. The Hall–Kier alpha value is -2.46. The smallest absolute Gasteiger partial charge is 0.168 e. The van der Waals surface area contributed by atoms with Crippen LogP contribution in [0.1, 0.15) is 35.4 Å². The lowest BCUT2D eigenvalue weighted by atomic mass is 10.0. The molecule has 2 atom stereocenters. The zero-order chi connectivity index (χ0) is 19.1. The normalized spacial score (nSPS) is 12.6. The van der Waals surface area contributed by atoms with Gasteiger partial charge in [-0.1, -0.05) is 84.9 Å². The first-order chi connectivity index (χ1) is 13.1. The SMILES string of the molecule is CC([NH2+]CCC(=O)c1ccc(-c2ccccc2)cc1)C(O)c1ccccc1.[Cl-]. The van der Waals surface area contributed by atoms with E-state index in [1.54, 1.807) is 0 Å². The molecule has 3 N–H and O–H groups in total. The van der Waals surface area contributed by atoms with Crippen LogP contribution in [0.3, 0.4) is 0 Å². The molecule has 3 rings (SSSR count). The van der Waals surface area contributed by atoms with E-state index < -0.39 is 6.10 Å². The van der Waals surface area contributed by atoms with E-state index in [0.29, 0.717) is 13.0 Å². The number of aliphatic hydroxyl groups is 1. The average Bonchev–Trinajstić information content (AvgIpc) is 2.74. The van der Waals surface area contributed by atoms with Crippen molar-refractivity contribution in [3.63, 3.8) is 0 Å². The molecule has 0 spiro atoms. The molecule has 3 aromatic carbocycles. The van der Waals surface area contributed by atoms with Crippen molar-refractivity contribution in [2.75, 3.05) is 6.54 Å². The molecule has 0 aliphatic carbocycles. The van der Waals surface area contributed by atoms with Crippen LogP contribution in [0.25, 0.3) is 11.1 Å². The molecule has 0 radical (unpaired) electrons. The van der Waals surface area contributed by atoms with Crippen LogP contribution in [0.5, 0.6) is 0 Å². The Morgan fingerprint density at radius 2 is 1.39 bits per heavy atom. The van der Waals surface area contributed by atoms with Crippen LogP contribution in [-0.2, 0) is 0 Å². The zero-order valence-electron chi connectivity index (χ0n) is 16.0. The summed E-state index contributed by atoms with van der Waals surface area (Å²) in [7, 11) is 0. The van der Waals surface area contributed by atoms with Crippen molar-refractivity contribution >= 4 is 5.78 Å². The quantitative estimate of drug-likeness (QED) is 0.549. The summed E-state index contributed by atoms with van der Waals surface area (Å²) in [6.07, 6.45) is -0.0808. The molecule has 0 aliphatic heterocycles. The van der Waals surface area contributed by atoms with Crippen molar-refractivity contribution in [3.05, 3.63) is 96.1 Å². The van der Waals surface area contributed by atoms with E-state index in [9.17, 15) is 9.90 Å². The number of hydrogen-bond acceptors (Lipinski definition) is 2. The number of carbonyl (C=O) groups is 1. The van der Waals surface area contributed by atoms with E-state index in [1.807, 2.05) is 85.0 Å². The molecule has 4 heteroatoms. The van der Waals surface area contributed by atoms with Gasteiger partial charge in [0, 0.05) is 5.56 Å². The van der Waals surface area contributed by atoms with Gasteiger partial charge in [-0.2, -0.15) is 0 Å². The number of quaternary nitrogens is 1. The van der Waals surface area contributed by atoms with E-state index in [-0.39, 0.29) is 24.2 Å². The van der Waals surface area contributed by atoms with Gasteiger partial charge in [0.2, 0.25) is 0 Å². The number of hydrogen-bond donors (Lipinski definition) is 2. The molecule has 146 valence electrons. The van der Waals surface area contributed by atoms with Crippen LogP contribution in [-0.4, -0.2) is 23.5 Å². The van der Waals surface area contributed by atoms with E-state index >= 15 is 0 Å².